The standard InChI is InChI=1S/C25H38O5/c1-6-25(4,5)24(28)30-21-12-15(2)11-17-8-7-16(3)20(23(17)21)10-9-19-13-18(26)14-22(27)29-19/h7-8,11,15-16,18-21,23,26H,6,9-10,12-14H2,1-5H3/t15-,16-,18+,19?,20-,21-,23-/m0/s1/i1D3,2D3,6D2,26D. The van der Waals surface area contributed by atoms with E-state index in [1.54, 1.807) is 6.08 Å². The predicted octanol–water partition coefficient (Wildman–Crippen LogP) is 4.59. The molecule has 0 saturated carbocycles. The maximum absolute atomic E-state index is 13.4. The molecule has 30 heavy (non-hydrogen) atoms. The van der Waals surface area contributed by atoms with Gasteiger partial charge in [0.15, 0.2) is 0 Å². The quantitative estimate of drug-likeness (QED) is 0.602. The van der Waals surface area contributed by atoms with E-state index in [4.69, 9.17) is 21.9 Å². The van der Waals surface area contributed by atoms with Gasteiger partial charge in [-0.1, -0.05) is 38.9 Å². The Morgan fingerprint density at radius 3 is 3.00 bits per heavy atom. The summed E-state index contributed by atoms with van der Waals surface area (Å²) in [7, 11) is 0. The van der Waals surface area contributed by atoms with Crippen LogP contribution in [0.4, 0.5) is 0 Å². The Hall–Kier alpha value is -1.62. The van der Waals surface area contributed by atoms with Crippen LogP contribution < -0.4 is 0 Å². The molecule has 1 N–H and O–H groups in total. The number of allylic oxidation sites excluding steroid dienone is 3. The first kappa shape index (κ1) is 13.7. The van der Waals surface area contributed by atoms with Crippen LogP contribution in [0.5, 0.6) is 0 Å². The lowest BCUT2D eigenvalue weighted by Crippen LogP contribution is -2.43. The van der Waals surface area contributed by atoms with Crippen LogP contribution >= 0.6 is 0 Å². The van der Waals surface area contributed by atoms with Crippen molar-refractivity contribution in [2.75, 3.05) is 0 Å². The van der Waals surface area contributed by atoms with E-state index in [1.165, 1.54) is 13.8 Å². The monoisotopic (exact) mass is 427 g/mol. The number of carbonyl (C=O) groups excluding carboxylic acids is 2. The minimum atomic E-state index is -3.09. The molecule has 7 atom stereocenters. The van der Waals surface area contributed by atoms with Crippen LogP contribution in [0.25, 0.3) is 0 Å². The number of fused-ring (bicyclic) bond motifs is 1. The summed E-state index contributed by atoms with van der Waals surface area (Å²) in [6, 6.07) is 0. The second-order valence-electron chi connectivity index (χ2n) is 9.36. The smallest absolute Gasteiger partial charge is 0.311 e. The summed E-state index contributed by atoms with van der Waals surface area (Å²) in [6.45, 7) is -1.08. The molecule has 0 aromatic carbocycles. The molecule has 0 aromatic heterocycles. The molecule has 168 valence electrons. The average Bonchev–Trinajstić information content (AvgIpc) is 2.81. The minimum Gasteiger partial charge on any atom is -0.462 e. The van der Waals surface area contributed by atoms with Gasteiger partial charge >= 0.3 is 11.9 Å². The Morgan fingerprint density at radius 2 is 2.27 bits per heavy atom. The van der Waals surface area contributed by atoms with Crippen molar-refractivity contribution in [1.82, 2.24) is 0 Å². The van der Waals surface area contributed by atoms with Crippen molar-refractivity contribution in [1.29, 1.82) is 1.43 Å². The summed E-state index contributed by atoms with van der Waals surface area (Å²) in [5.41, 5.74) is -1.34. The van der Waals surface area contributed by atoms with Crippen LogP contribution in [0.2, 0.25) is 0 Å². The van der Waals surface area contributed by atoms with Crippen molar-refractivity contribution in [3.63, 3.8) is 0 Å². The van der Waals surface area contributed by atoms with Gasteiger partial charge in [-0.05, 0) is 62.8 Å². The largest absolute Gasteiger partial charge is 0.462 e. The second kappa shape index (κ2) is 9.25. The normalized spacial score (nSPS) is 42.2. The molecule has 1 unspecified atom stereocenters. The van der Waals surface area contributed by atoms with Crippen LogP contribution in [-0.4, -0.2) is 36.8 Å². The highest BCUT2D eigenvalue weighted by atomic mass is 16.6. The van der Waals surface area contributed by atoms with Gasteiger partial charge in [0, 0.05) is 23.3 Å². The zero-order chi connectivity index (χ0) is 29.6. The number of ether oxygens (including phenoxy) is 2. The van der Waals surface area contributed by atoms with E-state index in [0.717, 1.165) is 0 Å². The fourth-order valence-electron chi connectivity index (χ4n) is 4.74. The van der Waals surface area contributed by atoms with Crippen molar-refractivity contribution < 1.29 is 35.1 Å². The number of rotatable bonds is 7. The maximum atomic E-state index is 13.4. The SMILES string of the molecule is [2H]O[C@H]1CC(=O)OC(CC[C@@H]2[C@@H]3C(=C[C@H](C([2H])([2H])[2H])C[C@@H]3OC(=O)C(C)(C)C([2H])([2H])C([2H])([2H])[2H])C=C[C@@H]2C)C1. The van der Waals surface area contributed by atoms with Crippen LogP contribution in [0.1, 0.15) is 83.9 Å². The third kappa shape index (κ3) is 5.16. The predicted molar refractivity (Wildman–Crippen MR) is 115 cm³/mol. The van der Waals surface area contributed by atoms with Gasteiger partial charge in [0.25, 0.3) is 0 Å². The number of aliphatic hydroxyl groups is 1. The van der Waals surface area contributed by atoms with Crippen molar-refractivity contribution in [2.45, 2.75) is 91.3 Å². The summed E-state index contributed by atoms with van der Waals surface area (Å²) in [6.07, 6.45) is 2.07. The fraction of sp³-hybridized carbons (Fsp3) is 0.760. The van der Waals surface area contributed by atoms with Gasteiger partial charge in [-0.3, -0.25) is 9.59 Å². The van der Waals surface area contributed by atoms with E-state index < -0.39 is 67.6 Å². The number of hydrogen-bond donors (Lipinski definition) is 1. The minimum absolute atomic E-state index is 0.00186. The molecule has 0 spiro atoms. The van der Waals surface area contributed by atoms with Gasteiger partial charge in [0.2, 0.25) is 1.43 Å². The number of hydrogen-bond acceptors (Lipinski definition) is 5. The molecule has 0 aromatic rings. The summed E-state index contributed by atoms with van der Waals surface area (Å²) in [5.74, 6) is -2.92. The third-order valence-electron chi connectivity index (χ3n) is 6.52. The lowest BCUT2D eigenvalue weighted by atomic mass is 9.65. The molecular formula is C25H38O5. The number of cyclic esters (lactones) is 1. The van der Waals surface area contributed by atoms with Gasteiger partial charge in [-0.25, -0.2) is 0 Å². The lowest BCUT2D eigenvalue weighted by Gasteiger charge is -2.44. The highest BCUT2D eigenvalue weighted by Crippen LogP contribution is 2.45. The molecule has 0 bridgehead atoms. The summed E-state index contributed by atoms with van der Waals surface area (Å²) < 4.78 is 81.7. The van der Waals surface area contributed by atoms with Gasteiger partial charge < -0.3 is 14.6 Å². The topological polar surface area (TPSA) is 72.8 Å². The van der Waals surface area contributed by atoms with Crippen LogP contribution in [0.3, 0.4) is 0 Å². The van der Waals surface area contributed by atoms with E-state index in [9.17, 15) is 9.59 Å². The average molecular weight is 428 g/mol. The Balaban J connectivity index is 1.90. The lowest BCUT2D eigenvalue weighted by molar-refractivity contribution is -0.166. The van der Waals surface area contributed by atoms with Gasteiger partial charge in [-0.15, -0.1) is 0 Å². The van der Waals surface area contributed by atoms with Gasteiger partial charge in [-0.2, -0.15) is 0 Å². The van der Waals surface area contributed by atoms with E-state index >= 15 is 0 Å². The van der Waals surface area contributed by atoms with E-state index in [-0.39, 0.29) is 24.7 Å². The second-order valence-corrected chi connectivity index (χ2v) is 9.36. The molecule has 1 heterocycles. The highest BCUT2D eigenvalue weighted by molar-refractivity contribution is 5.76. The van der Waals surface area contributed by atoms with Crippen LogP contribution in [0.15, 0.2) is 23.8 Å². The molecular weight excluding hydrogens is 380 g/mol. The van der Waals surface area contributed by atoms with Crippen molar-refractivity contribution >= 4 is 11.9 Å². The van der Waals surface area contributed by atoms with Gasteiger partial charge in [0.1, 0.15) is 12.2 Å². The maximum Gasteiger partial charge on any atom is 0.311 e. The first-order chi connectivity index (χ1) is 17.8. The van der Waals surface area contributed by atoms with E-state index in [0.29, 0.717) is 24.8 Å². The fourth-order valence-corrected chi connectivity index (χ4v) is 4.74. The Morgan fingerprint density at radius 1 is 1.43 bits per heavy atom. The van der Waals surface area contributed by atoms with Crippen LogP contribution in [0, 0.1) is 29.1 Å². The first-order valence-electron chi connectivity index (χ1n) is 15.1. The van der Waals surface area contributed by atoms with Crippen molar-refractivity contribution in [3.8, 4) is 0 Å². The Labute approximate surface area is 193 Å². The van der Waals surface area contributed by atoms with Gasteiger partial charge in [0.05, 0.1) is 17.9 Å². The van der Waals surface area contributed by atoms with Crippen molar-refractivity contribution in [2.24, 2.45) is 29.1 Å². The molecule has 3 rings (SSSR count). The molecule has 0 radical (unpaired) electrons. The van der Waals surface area contributed by atoms with E-state index in [2.05, 4.69) is 5.11 Å². The van der Waals surface area contributed by atoms with Crippen molar-refractivity contribution in [3.05, 3.63) is 23.8 Å². The first-order valence-corrected chi connectivity index (χ1v) is 10.7. The number of esters is 2. The molecule has 1 fully saturated rings. The van der Waals surface area contributed by atoms with Crippen LogP contribution in [-0.2, 0) is 19.1 Å². The molecule has 5 heteroatoms. The highest BCUT2D eigenvalue weighted by Gasteiger charge is 2.43. The molecule has 1 saturated heterocycles. The summed E-state index contributed by atoms with van der Waals surface area (Å²) >= 11 is 0. The summed E-state index contributed by atoms with van der Waals surface area (Å²) in [5, 5.41) is 4.63. The molecule has 2 aliphatic carbocycles. The molecule has 1 aliphatic heterocycles. The Kier molecular flexibility index (Phi) is 4.23. The number of aliphatic hydroxyl groups excluding tert-OH is 1. The zero-order valence-electron chi connectivity index (χ0n) is 26.9. The number of carbonyl (C=O) groups is 2. The molecule has 3 aliphatic rings. The molecule has 5 nitrogen and oxygen atoms in total. The summed E-state index contributed by atoms with van der Waals surface area (Å²) in [4.78, 5) is 25.3. The van der Waals surface area contributed by atoms with E-state index in [1.807, 2.05) is 19.1 Å². The third-order valence-corrected chi connectivity index (χ3v) is 6.52. The Bertz CT molecular complexity index is 985. The molecule has 0 amide bonds. The zero-order valence-corrected chi connectivity index (χ0v) is 17.9.